The fourth-order valence-electron chi connectivity index (χ4n) is 1.62. The third-order valence-electron chi connectivity index (χ3n) is 2.40. The molecule has 1 fully saturated rings. The van der Waals surface area contributed by atoms with Crippen molar-refractivity contribution in [1.29, 1.82) is 0 Å². The van der Waals surface area contributed by atoms with Gasteiger partial charge in [-0.05, 0) is 6.92 Å². The summed E-state index contributed by atoms with van der Waals surface area (Å²) in [6, 6.07) is 0. The molecule has 1 aliphatic rings. The third-order valence-corrected chi connectivity index (χ3v) is 3.28. The van der Waals surface area contributed by atoms with Gasteiger partial charge >= 0.3 is 10.4 Å². The average molecular weight is 236 g/mol. The zero-order chi connectivity index (χ0) is 11.5. The van der Waals surface area contributed by atoms with Crippen LogP contribution in [0.3, 0.4) is 0 Å². The van der Waals surface area contributed by atoms with E-state index in [0.717, 1.165) is 25.9 Å². The molecule has 15 heavy (non-hydrogen) atoms. The van der Waals surface area contributed by atoms with Crippen LogP contribution in [-0.2, 0) is 18.8 Å². The monoisotopic (exact) mass is 236 g/mol. The van der Waals surface area contributed by atoms with Gasteiger partial charge < -0.3 is 8.67 Å². The lowest BCUT2D eigenvalue weighted by molar-refractivity contribution is -0.913. The van der Waals surface area contributed by atoms with Crippen LogP contribution >= 0.6 is 0 Å². The van der Waals surface area contributed by atoms with Crippen LogP contribution < -0.4 is 0 Å². The van der Waals surface area contributed by atoms with Gasteiger partial charge in [-0.15, -0.1) is 0 Å². The molecule has 0 aliphatic carbocycles. The minimum absolute atomic E-state index is 0.110. The molecule has 1 aliphatic heterocycles. The Morgan fingerprint density at radius 2 is 1.93 bits per heavy atom. The third kappa shape index (κ3) is 4.19. The van der Waals surface area contributed by atoms with Crippen LogP contribution in [0, 0.1) is 0 Å². The van der Waals surface area contributed by atoms with E-state index < -0.39 is 10.4 Å². The molecule has 0 bridgehead atoms. The minimum atomic E-state index is -3.92. The van der Waals surface area contributed by atoms with Crippen molar-refractivity contribution in [3.05, 3.63) is 12.3 Å². The van der Waals surface area contributed by atoms with Gasteiger partial charge in [0.15, 0.2) is 0 Å². The van der Waals surface area contributed by atoms with Crippen LogP contribution in [0.1, 0.15) is 19.8 Å². The first-order valence-electron chi connectivity index (χ1n) is 4.91. The first-order valence-corrected chi connectivity index (χ1v) is 6.24. The predicted molar refractivity (Wildman–Crippen MR) is 55.9 cm³/mol. The van der Waals surface area contributed by atoms with Gasteiger partial charge in [0.05, 0.1) is 20.1 Å². The van der Waals surface area contributed by atoms with Crippen LogP contribution in [0.2, 0.25) is 0 Å². The summed E-state index contributed by atoms with van der Waals surface area (Å²) in [5.41, 5.74) is 0. The van der Waals surface area contributed by atoms with Crippen molar-refractivity contribution in [1.82, 2.24) is 0 Å². The Kier molecular flexibility index (Phi) is 3.75. The van der Waals surface area contributed by atoms with Crippen molar-refractivity contribution < 1.29 is 21.3 Å². The molecule has 5 nitrogen and oxygen atoms in total. The second kappa shape index (κ2) is 4.51. The highest BCUT2D eigenvalue weighted by atomic mass is 32.3. The Bertz CT molecular complexity index is 330. The van der Waals surface area contributed by atoms with Crippen molar-refractivity contribution in [3.8, 4) is 0 Å². The van der Waals surface area contributed by atoms with E-state index in [-0.39, 0.29) is 12.5 Å². The van der Waals surface area contributed by atoms with Gasteiger partial charge in [0.2, 0.25) is 6.73 Å². The van der Waals surface area contributed by atoms with E-state index in [4.69, 9.17) is 4.18 Å². The van der Waals surface area contributed by atoms with Crippen LogP contribution in [-0.4, -0.2) is 39.8 Å². The molecule has 1 saturated heterocycles. The molecule has 0 aromatic carbocycles. The molecule has 0 atom stereocenters. The summed E-state index contributed by atoms with van der Waals surface area (Å²) < 4.78 is 32.3. The van der Waals surface area contributed by atoms with Crippen LogP contribution in [0.25, 0.3) is 0 Å². The van der Waals surface area contributed by atoms with Crippen molar-refractivity contribution in [2.45, 2.75) is 19.8 Å². The highest BCUT2D eigenvalue weighted by Crippen LogP contribution is 2.17. The molecule has 0 radical (unpaired) electrons. The van der Waals surface area contributed by atoms with Gasteiger partial charge in [0.1, 0.15) is 5.76 Å². The number of allylic oxidation sites excluding steroid dienone is 1. The molecule has 0 N–H and O–H groups in total. The van der Waals surface area contributed by atoms with Gasteiger partial charge in [0.25, 0.3) is 0 Å². The van der Waals surface area contributed by atoms with Crippen LogP contribution in [0.4, 0.5) is 0 Å². The summed E-state index contributed by atoms with van der Waals surface area (Å²) in [5, 5.41) is 0. The maximum absolute atomic E-state index is 11.2. The molecule has 0 spiro atoms. The molecule has 0 saturated carbocycles. The topological polar surface area (TPSA) is 52.6 Å². The molecule has 0 aromatic rings. The normalized spacial score (nSPS) is 20.1. The molecular weight excluding hydrogens is 218 g/mol. The maximum atomic E-state index is 11.2. The lowest BCUT2D eigenvalue weighted by atomic mass is 10.4. The van der Waals surface area contributed by atoms with E-state index >= 15 is 0 Å². The summed E-state index contributed by atoms with van der Waals surface area (Å²) >= 11 is 0. The summed E-state index contributed by atoms with van der Waals surface area (Å²) in [6.45, 7) is 6.84. The Morgan fingerprint density at radius 3 is 2.40 bits per heavy atom. The van der Waals surface area contributed by atoms with Gasteiger partial charge in [-0.3, -0.25) is 0 Å². The second-order valence-corrected chi connectivity index (χ2v) is 5.43. The van der Waals surface area contributed by atoms with E-state index in [1.54, 1.807) is 0 Å². The molecule has 0 amide bonds. The second-order valence-electron chi connectivity index (χ2n) is 4.21. The molecule has 0 aromatic heterocycles. The average Bonchev–Trinajstić information content (AvgIpc) is 2.48. The van der Waals surface area contributed by atoms with Crippen molar-refractivity contribution in [2.24, 2.45) is 0 Å². The lowest BCUT2D eigenvalue weighted by Gasteiger charge is -2.27. The summed E-state index contributed by atoms with van der Waals surface area (Å²) in [6.07, 6.45) is 2.22. The molecular formula is C9H18NO4S+. The molecule has 88 valence electrons. The van der Waals surface area contributed by atoms with Crippen molar-refractivity contribution in [2.75, 3.05) is 26.9 Å². The molecule has 0 unspecified atom stereocenters. The van der Waals surface area contributed by atoms with Crippen molar-refractivity contribution in [3.63, 3.8) is 0 Å². The number of hydrogen-bond donors (Lipinski definition) is 0. The van der Waals surface area contributed by atoms with E-state index in [1.807, 2.05) is 7.05 Å². The summed E-state index contributed by atoms with van der Waals surface area (Å²) in [7, 11) is -1.95. The van der Waals surface area contributed by atoms with Crippen LogP contribution in [0.15, 0.2) is 12.3 Å². The molecule has 6 heteroatoms. The molecule has 1 rings (SSSR count). The first-order chi connectivity index (χ1) is 6.83. The van der Waals surface area contributed by atoms with E-state index in [2.05, 4.69) is 10.8 Å². The predicted octanol–water partition coefficient (Wildman–Crippen LogP) is 0.996. The van der Waals surface area contributed by atoms with Crippen LogP contribution in [0.5, 0.6) is 0 Å². The lowest BCUT2D eigenvalue weighted by Crippen LogP contribution is -2.43. The highest BCUT2D eigenvalue weighted by Gasteiger charge is 2.29. The fraction of sp³-hybridized carbons (Fsp3) is 0.778. The first kappa shape index (κ1) is 12.5. The Hall–Kier alpha value is -0.590. The van der Waals surface area contributed by atoms with Gasteiger partial charge in [-0.1, -0.05) is 6.58 Å². The Balaban J connectivity index is 2.45. The summed E-state index contributed by atoms with van der Waals surface area (Å²) in [5.74, 6) is 0.110. The van der Waals surface area contributed by atoms with E-state index in [9.17, 15) is 8.42 Å². The van der Waals surface area contributed by atoms with E-state index in [0.29, 0.717) is 4.48 Å². The minimum Gasteiger partial charge on any atom is -0.367 e. The zero-order valence-electron chi connectivity index (χ0n) is 9.23. The SMILES string of the molecule is C=C(C)OS(=O)(=O)OC[N+]1(C)CCCC1. The summed E-state index contributed by atoms with van der Waals surface area (Å²) in [4.78, 5) is 0. The Labute approximate surface area is 91.2 Å². The van der Waals surface area contributed by atoms with Gasteiger partial charge in [0, 0.05) is 12.8 Å². The van der Waals surface area contributed by atoms with Gasteiger partial charge in [-0.2, -0.15) is 12.6 Å². The van der Waals surface area contributed by atoms with Gasteiger partial charge in [-0.25, -0.2) is 0 Å². The highest BCUT2D eigenvalue weighted by molar-refractivity contribution is 7.82. The zero-order valence-corrected chi connectivity index (χ0v) is 10.0. The Morgan fingerprint density at radius 1 is 1.40 bits per heavy atom. The van der Waals surface area contributed by atoms with E-state index in [1.165, 1.54) is 6.92 Å². The molecule has 1 heterocycles. The quantitative estimate of drug-likeness (QED) is 0.528. The fourth-order valence-corrected chi connectivity index (χ4v) is 2.40. The standard InChI is InChI=1S/C9H18NO4S/c1-9(2)14-15(11,12)13-8-10(3)6-4-5-7-10/h1,4-8H2,2-3H3/q+1. The largest absolute Gasteiger partial charge is 0.453 e. The maximum Gasteiger partial charge on any atom is 0.453 e. The number of hydrogen-bond acceptors (Lipinski definition) is 4. The number of rotatable bonds is 5. The number of quaternary nitrogens is 1. The van der Waals surface area contributed by atoms with Crippen molar-refractivity contribution >= 4 is 10.4 Å². The smallest absolute Gasteiger partial charge is 0.367 e. The number of nitrogens with zero attached hydrogens (tertiary/aromatic N) is 1. The number of likely N-dealkylation sites (tertiary alicyclic amines) is 1.